The van der Waals surface area contributed by atoms with Gasteiger partial charge in [0.25, 0.3) is 0 Å². The Morgan fingerprint density at radius 1 is 1.60 bits per heavy atom. The van der Waals surface area contributed by atoms with Gasteiger partial charge in [0.15, 0.2) is 0 Å². The number of alkyl halides is 1. The van der Waals surface area contributed by atoms with Crippen molar-refractivity contribution in [2.24, 2.45) is 11.3 Å². The van der Waals surface area contributed by atoms with Crippen molar-refractivity contribution in [3.63, 3.8) is 0 Å². The lowest BCUT2D eigenvalue weighted by Crippen LogP contribution is -2.40. The molecular weight excluding hydrogens is 214 g/mol. The minimum absolute atomic E-state index is 0.163. The number of hydrogen-bond donors (Lipinski definition) is 0. The van der Waals surface area contributed by atoms with Gasteiger partial charge in [0.05, 0.1) is 12.0 Å². The van der Waals surface area contributed by atoms with E-state index in [1.54, 1.807) is 7.11 Å². The van der Waals surface area contributed by atoms with E-state index >= 15 is 0 Å². The molecule has 0 spiro atoms. The Balaban J connectivity index is 2.50. The van der Waals surface area contributed by atoms with Crippen LogP contribution in [0, 0.1) is 11.3 Å². The highest BCUT2D eigenvalue weighted by Gasteiger charge is 2.35. The highest BCUT2D eigenvalue weighted by atomic mass is 35.5. The second-order valence-electron chi connectivity index (χ2n) is 4.88. The highest BCUT2D eigenvalue weighted by Crippen LogP contribution is 2.25. The zero-order chi connectivity index (χ0) is 11.5. The van der Waals surface area contributed by atoms with Crippen LogP contribution in [0.15, 0.2) is 0 Å². The topological polar surface area (TPSA) is 29.5 Å². The van der Waals surface area contributed by atoms with E-state index in [9.17, 15) is 4.79 Å². The van der Waals surface area contributed by atoms with Crippen LogP contribution in [0.3, 0.4) is 0 Å². The largest absolute Gasteiger partial charge is 0.384 e. The Bertz CT molecular complexity index is 231. The molecule has 1 aliphatic rings. The van der Waals surface area contributed by atoms with E-state index in [0.29, 0.717) is 11.8 Å². The molecule has 1 atom stereocenters. The number of carbonyl (C=O) groups is 1. The van der Waals surface area contributed by atoms with E-state index in [2.05, 4.69) is 0 Å². The van der Waals surface area contributed by atoms with E-state index in [1.807, 2.05) is 18.7 Å². The van der Waals surface area contributed by atoms with Gasteiger partial charge in [-0.25, -0.2) is 0 Å². The van der Waals surface area contributed by atoms with E-state index in [0.717, 1.165) is 26.1 Å². The number of ether oxygens (including phenoxy) is 1. The first-order valence-electron chi connectivity index (χ1n) is 5.35. The van der Waals surface area contributed by atoms with Crippen LogP contribution >= 0.6 is 11.6 Å². The van der Waals surface area contributed by atoms with Gasteiger partial charge in [-0.2, -0.15) is 0 Å². The van der Waals surface area contributed by atoms with Gasteiger partial charge < -0.3 is 9.64 Å². The molecule has 0 aromatic heterocycles. The third-order valence-corrected chi connectivity index (χ3v) is 3.56. The average molecular weight is 234 g/mol. The van der Waals surface area contributed by atoms with Crippen molar-refractivity contribution in [2.75, 3.05) is 32.7 Å². The Morgan fingerprint density at radius 3 is 2.80 bits per heavy atom. The quantitative estimate of drug-likeness (QED) is 0.693. The zero-order valence-electron chi connectivity index (χ0n) is 9.75. The maximum absolute atomic E-state index is 12.0. The fourth-order valence-electron chi connectivity index (χ4n) is 1.87. The van der Waals surface area contributed by atoms with Crippen molar-refractivity contribution in [2.45, 2.75) is 20.3 Å². The van der Waals surface area contributed by atoms with Crippen molar-refractivity contribution in [1.82, 2.24) is 4.90 Å². The van der Waals surface area contributed by atoms with Crippen LogP contribution in [0.2, 0.25) is 0 Å². The molecule has 1 fully saturated rings. The summed E-state index contributed by atoms with van der Waals surface area (Å²) in [5.74, 6) is 1.03. The van der Waals surface area contributed by atoms with Crippen LogP contribution in [0.4, 0.5) is 0 Å². The monoisotopic (exact) mass is 233 g/mol. The second-order valence-corrected chi connectivity index (χ2v) is 5.15. The Kier molecular flexibility index (Phi) is 4.41. The second kappa shape index (κ2) is 5.17. The molecule has 0 bridgehead atoms. The lowest BCUT2D eigenvalue weighted by atomic mass is 9.94. The maximum atomic E-state index is 12.0. The molecule has 0 aliphatic carbocycles. The van der Waals surface area contributed by atoms with Crippen molar-refractivity contribution in [1.29, 1.82) is 0 Å². The van der Waals surface area contributed by atoms with Gasteiger partial charge in [-0.3, -0.25) is 4.79 Å². The Labute approximate surface area is 96.7 Å². The van der Waals surface area contributed by atoms with Crippen LogP contribution < -0.4 is 0 Å². The predicted molar refractivity (Wildman–Crippen MR) is 61.1 cm³/mol. The molecule has 1 aliphatic heterocycles. The normalized spacial score (nSPS) is 22.1. The molecule has 0 radical (unpaired) electrons. The van der Waals surface area contributed by atoms with Crippen LogP contribution in [-0.2, 0) is 9.53 Å². The molecule has 1 saturated heterocycles. The van der Waals surface area contributed by atoms with E-state index in [1.165, 1.54) is 0 Å². The van der Waals surface area contributed by atoms with Crippen molar-refractivity contribution >= 4 is 17.5 Å². The van der Waals surface area contributed by atoms with Gasteiger partial charge in [0, 0.05) is 32.0 Å². The summed E-state index contributed by atoms with van der Waals surface area (Å²) >= 11 is 5.79. The number of methoxy groups -OCH3 is 1. The van der Waals surface area contributed by atoms with Gasteiger partial charge in [-0.05, 0) is 20.3 Å². The first kappa shape index (κ1) is 12.8. The summed E-state index contributed by atoms with van der Waals surface area (Å²) in [7, 11) is 1.70. The molecule has 4 heteroatoms. The highest BCUT2D eigenvalue weighted by molar-refractivity contribution is 6.19. The van der Waals surface area contributed by atoms with Gasteiger partial charge in [-0.15, -0.1) is 11.6 Å². The van der Waals surface area contributed by atoms with Crippen LogP contribution in [0.25, 0.3) is 0 Å². The number of carbonyl (C=O) groups excluding carboxylic acids is 1. The summed E-state index contributed by atoms with van der Waals surface area (Å²) in [5, 5.41) is 0. The molecular formula is C11H20ClNO2. The minimum atomic E-state index is -0.441. The number of likely N-dealkylation sites (tertiary alicyclic amines) is 1. The summed E-state index contributed by atoms with van der Waals surface area (Å²) in [6, 6.07) is 0. The Morgan fingerprint density at radius 2 is 2.27 bits per heavy atom. The summed E-state index contributed by atoms with van der Waals surface area (Å²) in [5.41, 5.74) is -0.441. The fourth-order valence-corrected chi connectivity index (χ4v) is 1.99. The molecule has 1 heterocycles. The number of amides is 1. The predicted octanol–water partition coefficient (Wildman–Crippen LogP) is 1.75. The lowest BCUT2D eigenvalue weighted by molar-refractivity contribution is -0.138. The van der Waals surface area contributed by atoms with Crippen LogP contribution in [0.5, 0.6) is 0 Å². The first-order valence-corrected chi connectivity index (χ1v) is 5.89. The van der Waals surface area contributed by atoms with Gasteiger partial charge >= 0.3 is 0 Å². The van der Waals surface area contributed by atoms with Crippen molar-refractivity contribution in [3.05, 3.63) is 0 Å². The van der Waals surface area contributed by atoms with E-state index in [-0.39, 0.29) is 5.91 Å². The van der Waals surface area contributed by atoms with Gasteiger partial charge in [0.1, 0.15) is 0 Å². The molecule has 1 rings (SSSR count). The lowest BCUT2D eigenvalue weighted by Gasteiger charge is -2.27. The standard InChI is InChI=1S/C11H20ClNO2/c1-11(2,8-12)10(14)13-5-4-9(6-13)7-15-3/h9H,4-8H2,1-3H3. The number of halogens is 1. The van der Waals surface area contributed by atoms with Crippen molar-refractivity contribution in [3.8, 4) is 0 Å². The SMILES string of the molecule is COCC1CCN(C(=O)C(C)(C)CCl)C1. The Hall–Kier alpha value is -0.280. The molecule has 88 valence electrons. The fraction of sp³-hybridized carbons (Fsp3) is 0.909. The minimum Gasteiger partial charge on any atom is -0.384 e. The third kappa shape index (κ3) is 3.08. The summed E-state index contributed by atoms with van der Waals surface area (Å²) < 4.78 is 5.10. The molecule has 1 unspecified atom stereocenters. The smallest absolute Gasteiger partial charge is 0.229 e. The van der Waals surface area contributed by atoms with Gasteiger partial charge in [-0.1, -0.05) is 0 Å². The first-order chi connectivity index (χ1) is 7.01. The van der Waals surface area contributed by atoms with Crippen molar-refractivity contribution < 1.29 is 9.53 Å². The molecule has 3 nitrogen and oxygen atoms in total. The number of hydrogen-bond acceptors (Lipinski definition) is 2. The molecule has 0 saturated carbocycles. The zero-order valence-corrected chi connectivity index (χ0v) is 10.5. The summed E-state index contributed by atoms with van der Waals surface area (Å²) in [6.07, 6.45) is 1.04. The number of nitrogens with zero attached hydrogens (tertiary/aromatic N) is 1. The van der Waals surface area contributed by atoms with Crippen LogP contribution in [-0.4, -0.2) is 43.5 Å². The third-order valence-electron chi connectivity index (χ3n) is 2.89. The maximum Gasteiger partial charge on any atom is 0.229 e. The van der Waals surface area contributed by atoms with Crippen LogP contribution in [0.1, 0.15) is 20.3 Å². The number of rotatable bonds is 4. The molecule has 1 amide bonds. The molecule has 0 aromatic carbocycles. The molecule has 0 aromatic rings. The van der Waals surface area contributed by atoms with Gasteiger partial charge in [0.2, 0.25) is 5.91 Å². The van der Waals surface area contributed by atoms with E-state index in [4.69, 9.17) is 16.3 Å². The molecule has 0 N–H and O–H groups in total. The average Bonchev–Trinajstić information content (AvgIpc) is 2.66. The summed E-state index contributed by atoms with van der Waals surface area (Å²) in [4.78, 5) is 14.0. The molecule has 15 heavy (non-hydrogen) atoms. The summed E-state index contributed by atoms with van der Waals surface area (Å²) in [6.45, 7) is 6.18. The van der Waals surface area contributed by atoms with E-state index < -0.39 is 5.41 Å².